The predicted molar refractivity (Wildman–Crippen MR) is 71.5 cm³/mol. The molecule has 4 nitrogen and oxygen atoms in total. The van der Waals surface area contributed by atoms with Gasteiger partial charge in [-0.25, -0.2) is 0 Å². The van der Waals surface area contributed by atoms with Crippen LogP contribution in [0.15, 0.2) is 24.3 Å². The van der Waals surface area contributed by atoms with Crippen LogP contribution in [-0.4, -0.2) is 30.6 Å². The number of aliphatic hydroxyl groups is 1. The van der Waals surface area contributed by atoms with Crippen LogP contribution in [0.4, 0.5) is 5.69 Å². The lowest BCUT2D eigenvalue weighted by molar-refractivity contribution is -0.119. The van der Waals surface area contributed by atoms with Gasteiger partial charge >= 0.3 is 0 Å². The average Bonchev–Trinajstić information content (AvgIpc) is 2.63. The van der Waals surface area contributed by atoms with Gasteiger partial charge in [-0.3, -0.25) is 4.79 Å². The standard InChI is InChI=1S/C14H20N2O2/c1-2-13(17)11-4-6-12(7-5-11)16-9-3-8-15-14(18)10-16/h4-7,13,17H,2-3,8-10H2,1H3,(H,15,18)/t13-/m0/s1. The van der Waals surface area contributed by atoms with Crippen molar-refractivity contribution in [1.82, 2.24) is 5.32 Å². The van der Waals surface area contributed by atoms with E-state index in [1.807, 2.05) is 31.2 Å². The maximum absolute atomic E-state index is 11.5. The molecule has 1 aliphatic heterocycles. The van der Waals surface area contributed by atoms with Gasteiger partial charge < -0.3 is 15.3 Å². The smallest absolute Gasteiger partial charge is 0.239 e. The van der Waals surface area contributed by atoms with E-state index in [4.69, 9.17) is 0 Å². The summed E-state index contributed by atoms with van der Waals surface area (Å²) in [5.74, 6) is 0.0742. The number of benzene rings is 1. The minimum absolute atomic E-state index is 0.0742. The Balaban J connectivity index is 2.10. The van der Waals surface area contributed by atoms with E-state index in [0.717, 1.165) is 30.8 Å². The molecule has 4 heteroatoms. The molecule has 1 aromatic rings. The molecule has 18 heavy (non-hydrogen) atoms. The zero-order valence-corrected chi connectivity index (χ0v) is 10.7. The van der Waals surface area contributed by atoms with E-state index in [-0.39, 0.29) is 5.91 Å². The first-order chi connectivity index (χ1) is 8.70. The molecule has 1 heterocycles. The highest BCUT2D eigenvalue weighted by atomic mass is 16.3. The molecule has 0 radical (unpaired) electrons. The Morgan fingerprint density at radius 1 is 1.39 bits per heavy atom. The fraction of sp³-hybridized carbons (Fsp3) is 0.500. The number of hydrogen-bond acceptors (Lipinski definition) is 3. The molecule has 0 spiro atoms. The first kappa shape index (κ1) is 12.9. The number of aliphatic hydroxyl groups excluding tert-OH is 1. The first-order valence-electron chi connectivity index (χ1n) is 6.50. The van der Waals surface area contributed by atoms with Crippen molar-refractivity contribution in [2.75, 3.05) is 24.5 Å². The highest BCUT2D eigenvalue weighted by molar-refractivity contribution is 5.81. The lowest BCUT2D eigenvalue weighted by Gasteiger charge is -2.21. The summed E-state index contributed by atoms with van der Waals surface area (Å²) >= 11 is 0. The topological polar surface area (TPSA) is 52.6 Å². The second-order valence-corrected chi connectivity index (χ2v) is 4.64. The number of amides is 1. The average molecular weight is 248 g/mol. The summed E-state index contributed by atoms with van der Waals surface area (Å²) in [5, 5.41) is 12.6. The second kappa shape index (κ2) is 5.87. The van der Waals surface area contributed by atoms with Gasteiger partial charge in [-0.05, 0) is 30.5 Å². The molecule has 0 aromatic heterocycles. The maximum atomic E-state index is 11.5. The SMILES string of the molecule is CC[C@H](O)c1ccc(N2CCCNC(=O)C2)cc1. The Labute approximate surface area is 108 Å². The number of carbonyl (C=O) groups excluding carboxylic acids is 1. The monoisotopic (exact) mass is 248 g/mol. The Kier molecular flexibility index (Phi) is 4.20. The third-order valence-electron chi connectivity index (χ3n) is 3.29. The molecular weight excluding hydrogens is 228 g/mol. The highest BCUT2D eigenvalue weighted by Crippen LogP contribution is 2.21. The molecule has 1 atom stereocenters. The first-order valence-corrected chi connectivity index (χ1v) is 6.50. The number of anilines is 1. The molecule has 0 saturated carbocycles. The molecule has 1 amide bonds. The third kappa shape index (κ3) is 3.01. The van der Waals surface area contributed by atoms with Crippen molar-refractivity contribution in [3.63, 3.8) is 0 Å². The Morgan fingerprint density at radius 3 is 2.78 bits per heavy atom. The van der Waals surface area contributed by atoms with Gasteiger partial charge in [0.1, 0.15) is 0 Å². The van der Waals surface area contributed by atoms with Crippen molar-refractivity contribution in [2.45, 2.75) is 25.9 Å². The van der Waals surface area contributed by atoms with Crippen LogP contribution < -0.4 is 10.2 Å². The molecule has 1 fully saturated rings. The van der Waals surface area contributed by atoms with Gasteiger partial charge in [0.05, 0.1) is 12.6 Å². The molecule has 98 valence electrons. The van der Waals surface area contributed by atoms with Gasteiger partial charge in [0, 0.05) is 18.8 Å². The number of nitrogens with one attached hydrogen (secondary N) is 1. The molecule has 0 unspecified atom stereocenters. The van der Waals surface area contributed by atoms with Crippen molar-refractivity contribution >= 4 is 11.6 Å². The van der Waals surface area contributed by atoms with Crippen LogP contribution in [-0.2, 0) is 4.79 Å². The van der Waals surface area contributed by atoms with Crippen LogP contribution in [0, 0.1) is 0 Å². The molecule has 1 aliphatic rings. The van der Waals surface area contributed by atoms with E-state index in [1.54, 1.807) is 0 Å². The van der Waals surface area contributed by atoms with Crippen molar-refractivity contribution in [3.05, 3.63) is 29.8 Å². The fourth-order valence-corrected chi connectivity index (χ4v) is 2.17. The summed E-state index contributed by atoms with van der Waals surface area (Å²) in [6.07, 6.45) is 1.28. The van der Waals surface area contributed by atoms with Crippen LogP contribution in [0.1, 0.15) is 31.4 Å². The van der Waals surface area contributed by atoms with Gasteiger partial charge in [0.25, 0.3) is 0 Å². The quantitative estimate of drug-likeness (QED) is 0.851. The summed E-state index contributed by atoms with van der Waals surface area (Å²) in [6, 6.07) is 7.83. The fourth-order valence-electron chi connectivity index (χ4n) is 2.17. The number of rotatable bonds is 3. The van der Waals surface area contributed by atoms with Crippen molar-refractivity contribution in [2.24, 2.45) is 0 Å². The van der Waals surface area contributed by atoms with Gasteiger partial charge in [0.2, 0.25) is 5.91 Å². The predicted octanol–water partition coefficient (Wildman–Crippen LogP) is 1.46. The summed E-state index contributed by atoms with van der Waals surface area (Å²) in [7, 11) is 0. The van der Waals surface area contributed by atoms with Crippen LogP contribution in [0.3, 0.4) is 0 Å². The molecular formula is C14H20N2O2. The van der Waals surface area contributed by atoms with Crippen molar-refractivity contribution < 1.29 is 9.90 Å². The van der Waals surface area contributed by atoms with E-state index < -0.39 is 6.10 Å². The molecule has 1 saturated heterocycles. The van der Waals surface area contributed by atoms with Gasteiger partial charge in [0.15, 0.2) is 0 Å². The van der Waals surface area contributed by atoms with Crippen molar-refractivity contribution in [1.29, 1.82) is 0 Å². The Morgan fingerprint density at radius 2 is 2.11 bits per heavy atom. The largest absolute Gasteiger partial charge is 0.388 e. The van der Waals surface area contributed by atoms with Gasteiger partial charge in [-0.2, -0.15) is 0 Å². The Bertz CT molecular complexity index is 403. The van der Waals surface area contributed by atoms with Crippen LogP contribution in [0.2, 0.25) is 0 Å². The normalized spacial score (nSPS) is 18.1. The number of nitrogens with zero attached hydrogens (tertiary/aromatic N) is 1. The summed E-state index contributed by atoms with van der Waals surface area (Å²) in [5.41, 5.74) is 1.97. The van der Waals surface area contributed by atoms with Crippen LogP contribution >= 0.6 is 0 Å². The van der Waals surface area contributed by atoms with Gasteiger partial charge in [-0.1, -0.05) is 19.1 Å². The number of hydrogen-bond donors (Lipinski definition) is 2. The summed E-state index contributed by atoms with van der Waals surface area (Å²) in [6.45, 7) is 4.00. The Hall–Kier alpha value is -1.55. The zero-order valence-electron chi connectivity index (χ0n) is 10.7. The molecule has 0 bridgehead atoms. The maximum Gasteiger partial charge on any atom is 0.239 e. The molecule has 2 N–H and O–H groups in total. The minimum Gasteiger partial charge on any atom is -0.388 e. The van der Waals surface area contributed by atoms with Crippen LogP contribution in [0.5, 0.6) is 0 Å². The van der Waals surface area contributed by atoms with E-state index in [9.17, 15) is 9.90 Å². The summed E-state index contributed by atoms with van der Waals surface area (Å²) < 4.78 is 0. The van der Waals surface area contributed by atoms with E-state index in [2.05, 4.69) is 10.2 Å². The second-order valence-electron chi connectivity index (χ2n) is 4.64. The van der Waals surface area contributed by atoms with Crippen LogP contribution in [0.25, 0.3) is 0 Å². The minimum atomic E-state index is -0.397. The molecule has 2 rings (SSSR count). The zero-order chi connectivity index (χ0) is 13.0. The highest BCUT2D eigenvalue weighted by Gasteiger charge is 2.15. The lowest BCUT2D eigenvalue weighted by atomic mass is 10.1. The van der Waals surface area contributed by atoms with E-state index in [1.165, 1.54) is 0 Å². The molecule has 1 aromatic carbocycles. The molecule has 0 aliphatic carbocycles. The number of carbonyl (C=O) groups is 1. The van der Waals surface area contributed by atoms with Crippen molar-refractivity contribution in [3.8, 4) is 0 Å². The van der Waals surface area contributed by atoms with E-state index in [0.29, 0.717) is 13.0 Å². The van der Waals surface area contributed by atoms with E-state index >= 15 is 0 Å². The third-order valence-corrected chi connectivity index (χ3v) is 3.29. The van der Waals surface area contributed by atoms with Gasteiger partial charge in [-0.15, -0.1) is 0 Å². The summed E-state index contributed by atoms with van der Waals surface area (Å²) in [4.78, 5) is 13.6. The lowest BCUT2D eigenvalue weighted by Crippen LogP contribution is -2.32.